The van der Waals surface area contributed by atoms with Crippen molar-refractivity contribution in [1.29, 1.82) is 15.8 Å². The highest BCUT2D eigenvalue weighted by atomic mass is 35.5. The highest BCUT2D eigenvalue weighted by Gasteiger charge is 2.50. The smallest absolute Gasteiger partial charge is 0.143 e. The van der Waals surface area contributed by atoms with Gasteiger partial charge in [0.15, 0.2) is 0 Å². The van der Waals surface area contributed by atoms with Gasteiger partial charge in [-0.05, 0) is 42.0 Å². The van der Waals surface area contributed by atoms with Crippen molar-refractivity contribution >= 4 is 33.9 Å². The van der Waals surface area contributed by atoms with Crippen LogP contribution in [0, 0.1) is 39.4 Å². The molecule has 4 N–H and O–H groups in total. The van der Waals surface area contributed by atoms with E-state index >= 15 is 0 Å². The van der Waals surface area contributed by atoms with Crippen molar-refractivity contribution < 1.29 is 1.37 Å². The lowest BCUT2D eigenvalue weighted by Gasteiger charge is -2.24. The van der Waals surface area contributed by atoms with E-state index in [1.807, 2.05) is 0 Å². The third kappa shape index (κ3) is 5.13. The molecule has 2 aromatic carbocycles. The van der Waals surface area contributed by atoms with Crippen molar-refractivity contribution in [2.45, 2.75) is 45.2 Å². The molecule has 0 bridgehead atoms. The van der Waals surface area contributed by atoms with Gasteiger partial charge in [-0.25, -0.2) is 0 Å². The number of fused-ring (bicyclic) bond motifs is 1. The van der Waals surface area contributed by atoms with E-state index in [0.29, 0.717) is 69.1 Å². The monoisotopic (exact) mass is 538 g/mol. The van der Waals surface area contributed by atoms with E-state index in [1.54, 1.807) is 47.6 Å². The summed E-state index contributed by atoms with van der Waals surface area (Å²) in [6.07, 6.45) is 4.59. The van der Waals surface area contributed by atoms with Gasteiger partial charge in [-0.3, -0.25) is 9.99 Å². The molecule has 1 saturated carbocycles. The molecular weight excluding hydrogens is 510 g/mol. The molecule has 1 aromatic heterocycles. The molecule has 10 heteroatoms. The summed E-state index contributed by atoms with van der Waals surface area (Å²) in [5.41, 5.74) is 8.33. The number of nitrogens with zero attached hydrogens (tertiary/aromatic N) is 5. The number of hydrogen-bond donors (Lipinski definition) is 4. The van der Waals surface area contributed by atoms with Crippen molar-refractivity contribution in [2.24, 2.45) is 5.41 Å². The summed E-state index contributed by atoms with van der Waals surface area (Å²) in [5.74, 6) is 0. The van der Waals surface area contributed by atoms with E-state index in [-0.39, 0.29) is 5.41 Å². The number of hydrazine groups is 2. The number of halogens is 1. The average Bonchev–Trinajstić information content (AvgIpc) is 3.56. The van der Waals surface area contributed by atoms with Gasteiger partial charge in [0, 0.05) is 35.0 Å². The van der Waals surface area contributed by atoms with Gasteiger partial charge in [-0.1, -0.05) is 50.6 Å². The lowest BCUT2D eigenvalue weighted by molar-refractivity contribution is 0.217. The average molecular weight is 539 g/mol. The van der Waals surface area contributed by atoms with Crippen molar-refractivity contribution in [3.63, 3.8) is 0 Å². The van der Waals surface area contributed by atoms with Crippen LogP contribution in [0.4, 0.5) is 11.4 Å². The van der Waals surface area contributed by atoms with Crippen molar-refractivity contribution in [3.05, 3.63) is 76.2 Å². The van der Waals surface area contributed by atoms with Gasteiger partial charge in [0.1, 0.15) is 17.7 Å². The van der Waals surface area contributed by atoms with E-state index in [2.05, 4.69) is 65.6 Å². The Bertz CT molecular complexity index is 1650. The maximum atomic E-state index is 10.0. The van der Waals surface area contributed by atoms with Gasteiger partial charge in [0.25, 0.3) is 0 Å². The Hall–Kier alpha value is -4.49. The normalized spacial score (nSPS) is 17.5. The first-order chi connectivity index (χ1) is 19.0. The zero-order valence-electron chi connectivity index (χ0n) is 22.9. The van der Waals surface area contributed by atoms with E-state index in [9.17, 15) is 17.2 Å². The van der Waals surface area contributed by atoms with Crippen LogP contribution < -0.4 is 21.6 Å². The summed E-state index contributed by atoms with van der Waals surface area (Å²) in [6, 6.07) is 15.6. The second kappa shape index (κ2) is 10.0. The molecule has 0 amide bonds. The molecule has 2 aliphatic rings. The summed E-state index contributed by atoms with van der Waals surface area (Å²) in [6.45, 7) is 6.83. The molecule has 2 heterocycles. The van der Waals surface area contributed by atoms with Crippen LogP contribution in [0.25, 0.3) is 10.9 Å². The topological polar surface area (TPSA) is 136 Å². The van der Waals surface area contributed by atoms with Crippen LogP contribution in [0.3, 0.4) is 0 Å². The highest BCUT2D eigenvalue weighted by Crippen LogP contribution is 2.42. The highest BCUT2D eigenvalue weighted by molar-refractivity contribution is 6.31. The Kier molecular flexibility index (Phi) is 6.37. The predicted octanol–water partition coefficient (Wildman–Crippen LogP) is 5.47. The maximum Gasteiger partial charge on any atom is 0.143 e. The summed E-state index contributed by atoms with van der Waals surface area (Å²) in [4.78, 5) is 4.42. The van der Waals surface area contributed by atoms with Gasteiger partial charge < -0.3 is 16.1 Å². The van der Waals surface area contributed by atoms with Crippen LogP contribution in [0.5, 0.6) is 0 Å². The van der Waals surface area contributed by atoms with Crippen LogP contribution in [0.15, 0.2) is 54.5 Å². The minimum absolute atomic E-state index is 0.0710. The summed E-state index contributed by atoms with van der Waals surface area (Å²) >= 11 is 6.61. The third-order valence-electron chi connectivity index (χ3n) is 6.65. The molecule has 196 valence electrons. The second-order valence-corrected chi connectivity index (χ2v) is 11.3. The van der Waals surface area contributed by atoms with E-state index in [0.717, 1.165) is 0 Å². The fourth-order valence-electron chi connectivity index (χ4n) is 4.37. The number of nitrogens with one attached hydrogen (secondary N) is 4. The molecule has 1 aliphatic carbocycles. The minimum atomic E-state index is -1.65. The molecule has 0 unspecified atom stereocenters. The molecule has 9 nitrogen and oxygen atoms in total. The summed E-state index contributed by atoms with van der Waals surface area (Å²) < 4.78 is 9.70. The molecule has 1 atom stereocenters. The van der Waals surface area contributed by atoms with Crippen molar-refractivity contribution in [2.75, 3.05) is 17.2 Å². The largest absolute Gasteiger partial charge is 0.383 e. The lowest BCUT2D eigenvalue weighted by atomic mass is 9.96. The maximum absolute atomic E-state index is 10.0. The number of aromatic nitrogens is 1. The number of benzene rings is 2. The van der Waals surface area contributed by atoms with Crippen molar-refractivity contribution in [1.82, 2.24) is 21.0 Å². The first-order valence-electron chi connectivity index (χ1n) is 13.0. The Morgan fingerprint density at radius 2 is 1.92 bits per heavy atom. The van der Waals surface area contributed by atoms with Crippen LogP contribution in [0.2, 0.25) is 5.02 Å². The van der Waals surface area contributed by atoms with Crippen LogP contribution in [-0.4, -0.2) is 22.1 Å². The van der Waals surface area contributed by atoms with E-state index in [4.69, 9.17) is 11.6 Å². The number of pyridine rings is 1. The second-order valence-electron chi connectivity index (χ2n) is 10.9. The van der Waals surface area contributed by atoms with Crippen LogP contribution >= 0.6 is 11.6 Å². The predicted molar refractivity (Wildman–Crippen MR) is 151 cm³/mol. The summed E-state index contributed by atoms with van der Waals surface area (Å²) in [5, 5.41) is 38.8. The number of hydrogen-bond acceptors (Lipinski definition) is 9. The van der Waals surface area contributed by atoms with Crippen molar-refractivity contribution in [3.8, 4) is 18.2 Å². The standard InChI is InChI=1S/C29H28ClN9/c1-28(2,3)17-35-26-19(13-32)14-34-25-18(12-31)10-20(11-22(25)26)36-27(21-6-4-5-7-23(21)30)24-15-39(38-37-24)29(16-33)8-9-29/h4-7,10-11,14-15,27,36-38H,8-9,17H2,1-3H3,(H,34,35)/t27-/m1/s1/i27D. The zero-order valence-corrected chi connectivity index (χ0v) is 22.6. The Morgan fingerprint density at radius 3 is 2.56 bits per heavy atom. The van der Waals surface area contributed by atoms with Gasteiger partial charge in [0.05, 0.1) is 41.5 Å². The Balaban J connectivity index is 1.65. The van der Waals surface area contributed by atoms with E-state index < -0.39 is 11.6 Å². The number of rotatable bonds is 7. The lowest BCUT2D eigenvalue weighted by Crippen LogP contribution is -2.44. The first kappa shape index (κ1) is 24.8. The molecule has 3 aromatic rings. The molecular formula is C29H28ClN9. The van der Waals surface area contributed by atoms with Gasteiger partial charge in [-0.15, -0.1) is 5.53 Å². The Morgan fingerprint density at radius 1 is 1.18 bits per heavy atom. The number of nitriles is 3. The molecule has 39 heavy (non-hydrogen) atoms. The fraction of sp³-hybridized carbons (Fsp3) is 0.310. The third-order valence-corrected chi connectivity index (χ3v) is 6.98. The molecule has 0 spiro atoms. The molecule has 1 fully saturated rings. The molecule has 0 saturated heterocycles. The first-order valence-corrected chi connectivity index (χ1v) is 12.9. The fourth-order valence-corrected chi connectivity index (χ4v) is 4.60. The van der Waals surface area contributed by atoms with E-state index in [1.165, 1.54) is 6.20 Å². The minimum Gasteiger partial charge on any atom is -0.383 e. The SMILES string of the molecule is [2H][C@](Nc1cc(C#N)c2ncc(C#N)c(NCC(C)(C)C)c2c1)(C1=CN(C2(C#N)CC2)NN1)c1ccccc1Cl. The molecule has 1 aliphatic heterocycles. The van der Waals surface area contributed by atoms with Gasteiger partial charge >= 0.3 is 0 Å². The summed E-state index contributed by atoms with van der Waals surface area (Å²) in [7, 11) is 0. The quantitative estimate of drug-likeness (QED) is 0.309. The van der Waals surface area contributed by atoms with Crippen LogP contribution in [-0.2, 0) is 0 Å². The molecule has 0 radical (unpaired) electrons. The van der Waals surface area contributed by atoms with Crippen LogP contribution in [0.1, 0.15) is 57.7 Å². The zero-order chi connectivity index (χ0) is 28.7. The number of anilines is 2. The Labute approximate surface area is 234 Å². The van der Waals surface area contributed by atoms with Gasteiger partial charge in [0.2, 0.25) is 0 Å². The van der Waals surface area contributed by atoms with Gasteiger partial charge in [-0.2, -0.15) is 15.8 Å². The molecule has 5 rings (SSSR count).